The van der Waals surface area contributed by atoms with Gasteiger partial charge in [0, 0.05) is 67.5 Å². The van der Waals surface area contributed by atoms with Gasteiger partial charge in [-0.2, -0.15) is 25.3 Å². The maximum Gasteiger partial charge on any atom is 0.326 e. The number of nitrogens with zero attached hydrogens (tertiary/aromatic N) is 2. The number of aliphatic hydroxyl groups excluding tert-OH is 1. The summed E-state index contributed by atoms with van der Waals surface area (Å²) < 4.78 is 0. The number of benzene rings is 1. The van der Waals surface area contributed by atoms with E-state index < -0.39 is 187 Å². The first-order chi connectivity index (χ1) is 43.0. The van der Waals surface area contributed by atoms with Crippen LogP contribution in [0.25, 0.3) is 10.9 Å². The lowest BCUT2D eigenvalue weighted by molar-refractivity contribution is -0.146. The van der Waals surface area contributed by atoms with Crippen LogP contribution < -0.4 is 81.8 Å². The van der Waals surface area contributed by atoms with E-state index >= 15 is 0 Å². The molecule has 1 fully saturated rings. The molecule has 500 valence electrons. The van der Waals surface area contributed by atoms with Crippen molar-refractivity contribution in [3.63, 3.8) is 0 Å². The zero-order chi connectivity index (χ0) is 68.1. The molecule has 2 heterocycles. The Morgan fingerprint density at radius 2 is 1.25 bits per heavy atom. The summed E-state index contributed by atoms with van der Waals surface area (Å²) in [7, 11) is 0. The van der Waals surface area contributed by atoms with Crippen LogP contribution in [-0.4, -0.2) is 218 Å². The van der Waals surface area contributed by atoms with Crippen LogP contribution >= 0.6 is 25.3 Å². The Bertz CT molecular complexity index is 3030. The number of nitrogens with one attached hydrogen (secondary N) is 11. The number of aliphatic hydroxyl groups is 1. The topological polar surface area (TPSA) is 581 Å². The van der Waals surface area contributed by atoms with Gasteiger partial charge in [0.2, 0.25) is 65.0 Å². The highest BCUT2D eigenvalue weighted by atomic mass is 32.1. The maximum atomic E-state index is 14.4. The minimum atomic E-state index is -1.95. The summed E-state index contributed by atoms with van der Waals surface area (Å²) in [5, 5.41) is 54.9. The van der Waals surface area contributed by atoms with Crippen molar-refractivity contribution in [3.05, 3.63) is 36.0 Å². The lowest BCUT2D eigenvalue weighted by Crippen LogP contribution is -2.62. The number of H-pyrrole nitrogens is 1. The number of nitrogens with two attached hydrogens (primary N) is 5. The number of aromatic nitrogens is 1. The summed E-state index contributed by atoms with van der Waals surface area (Å²) in [4.78, 5) is 193. The van der Waals surface area contributed by atoms with E-state index in [1.807, 2.05) is 0 Å². The van der Waals surface area contributed by atoms with Gasteiger partial charge >= 0.3 is 18.0 Å². The zero-order valence-electron chi connectivity index (χ0n) is 49.6. The van der Waals surface area contributed by atoms with Crippen LogP contribution in [0.3, 0.4) is 0 Å². The van der Waals surface area contributed by atoms with Gasteiger partial charge in [0.25, 0.3) is 0 Å². The van der Waals surface area contributed by atoms with E-state index in [2.05, 4.69) is 94.3 Å². The van der Waals surface area contributed by atoms with Crippen molar-refractivity contribution in [2.45, 2.75) is 144 Å². The van der Waals surface area contributed by atoms with E-state index in [1.54, 1.807) is 30.5 Å². The molecule has 1 aliphatic heterocycles. The van der Waals surface area contributed by atoms with Gasteiger partial charge in [-0.25, -0.2) is 9.59 Å². The second kappa shape index (κ2) is 38.2. The number of para-hydroxylation sites is 1. The standard InChI is InChI=1S/C54H80N18O17S2/c1-3-9-30(64-47(82)36(24-90)63-40(75)22-55)45(80)71-42(26(2)73)50(85)69-35(21-41(76)77)51(86)72-19-8-14-38(72)49(84)66-32(12-6-17-60-53(57)58)44(79)70-37(25-91)48(83)65-31(13-7-18-61-54(59)89)43(78)68-34(20-27-23-62-29-11-5-4-10-28(27)29)46(81)67-33(52(87)88)15-16-39(56)74/h1,4-5,10-11,23,26,30-38,42,62,73,90-91H,6-9,12-22,24-25,55H2,2H3,(H2,56,74)(H,63,75)(H,64,82)(H,65,83)(H,66,84)(H,67,81)(H,68,78)(H,69,85)(H,70,79)(H,71,80)(H,76,77)(H,87,88)(H4,57,58,60)(H3,59,61,89)/t26-,30+,31+,32+,33+,34+,35+,36+,37+,38+,42+/m1/s1. The highest BCUT2D eigenvalue weighted by Gasteiger charge is 2.42. The minimum Gasteiger partial charge on any atom is -0.481 e. The van der Waals surface area contributed by atoms with Crippen molar-refractivity contribution < 1.29 is 82.4 Å². The summed E-state index contributed by atoms with van der Waals surface area (Å²) in [6.07, 6.45) is 2.25. The Morgan fingerprint density at radius 1 is 0.703 bits per heavy atom. The number of hydrogen-bond acceptors (Lipinski definition) is 19. The van der Waals surface area contributed by atoms with Crippen molar-refractivity contribution in [1.29, 1.82) is 0 Å². The average molecular weight is 1320 g/mol. The Hall–Kier alpha value is -9.41. The fraction of sp³-hybridized carbons (Fsp3) is 0.537. The third kappa shape index (κ3) is 25.2. The molecule has 1 aromatic heterocycles. The number of carboxylic acids is 2. The quantitative estimate of drug-likeness (QED) is 0.00972. The highest BCUT2D eigenvalue weighted by Crippen LogP contribution is 2.22. The summed E-state index contributed by atoms with van der Waals surface area (Å²) >= 11 is 8.30. The number of terminal acetylenes is 1. The normalized spacial score (nSPS) is 15.9. The minimum absolute atomic E-state index is 0.0152. The highest BCUT2D eigenvalue weighted by molar-refractivity contribution is 7.80. The SMILES string of the molecule is C#CC[C@H](NC(=O)[C@H](CS)NC(=O)CN)C(=O)N[C@H](C(=O)N[C@@H](CC(=O)O)C(=O)N1CCC[C@H]1C(=O)N[C@@H](CCCN=C(N)N)C(=O)N[C@@H](CS)C(=O)N[C@@H](CCCNC(N)=O)C(=O)N[C@@H](Cc1c[nH]c2ccccc12)C(=O)N[C@@H](CCC(N)=O)C(=O)O)[C@@H](C)O. The number of guanidine groups is 1. The molecule has 91 heavy (non-hydrogen) atoms. The average Bonchev–Trinajstić information content (AvgIpc) is 1.82. The Kier molecular flexibility index (Phi) is 31.8. The number of urea groups is 1. The Labute approximate surface area is 532 Å². The second-order valence-corrected chi connectivity index (χ2v) is 21.6. The first-order valence-corrected chi connectivity index (χ1v) is 29.7. The number of aromatic amines is 1. The van der Waals surface area contributed by atoms with Gasteiger partial charge in [-0.1, -0.05) is 18.2 Å². The maximum absolute atomic E-state index is 14.4. The van der Waals surface area contributed by atoms with Gasteiger partial charge < -0.3 is 107 Å². The van der Waals surface area contributed by atoms with Crippen LogP contribution in [0, 0.1) is 12.3 Å². The van der Waals surface area contributed by atoms with Crippen molar-refractivity contribution in [1.82, 2.24) is 63.1 Å². The molecule has 1 aromatic carbocycles. The third-order valence-corrected chi connectivity index (χ3v) is 14.6. The smallest absolute Gasteiger partial charge is 0.326 e. The number of carbonyl (C=O) groups excluding carboxylic acids is 12. The first kappa shape index (κ1) is 75.8. The Morgan fingerprint density at radius 3 is 1.84 bits per heavy atom. The number of aliphatic imine (C=N–C) groups is 1. The molecule has 0 spiro atoms. The lowest BCUT2D eigenvalue weighted by Gasteiger charge is -2.31. The number of amides is 13. The fourth-order valence-corrected chi connectivity index (χ4v) is 9.74. The number of carbonyl (C=O) groups is 14. The molecular weight excluding hydrogens is 1240 g/mol. The van der Waals surface area contributed by atoms with E-state index in [4.69, 9.17) is 35.1 Å². The number of fused-ring (bicyclic) bond motifs is 1. The molecule has 0 unspecified atom stereocenters. The fourth-order valence-electron chi connectivity index (χ4n) is 9.23. The van der Waals surface area contributed by atoms with Crippen LogP contribution in [0.4, 0.5) is 4.79 Å². The molecular formula is C54H80N18O17S2. The molecule has 24 N–H and O–H groups in total. The third-order valence-electron chi connectivity index (χ3n) is 13.9. The lowest BCUT2D eigenvalue weighted by atomic mass is 10.0. The van der Waals surface area contributed by atoms with Gasteiger partial charge in [-0.05, 0) is 63.5 Å². The van der Waals surface area contributed by atoms with Gasteiger partial charge in [0.05, 0.1) is 19.1 Å². The molecule has 35 nitrogen and oxygen atoms in total. The number of thiol groups is 2. The summed E-state index contributed by atoms with van der Waals surface area (Å²) in [5.74, 6) is -13.0. The first-order valence-electron chi connectivity index (χ1n) is 28.5. The van der Waals surface area contributed by atoms with Gasteiger partial charge in [0.1, 0.15) is 60.4 Å². The number of carboxylic acid groups (broad SMARTS) is 2. The van der Waals surface area contributed by atoms with Gasteiger partial charge in [-0.3, -0.25) is 62.5 Å². The molecule has 11 atom stereocenters. The van der Waals surface area contributed by atoms with Crippen molar-refractivity contribution in [3.8, 4) is 12.3 Å². The van der Waals surface area contributed by atoms with E-state index in [1.165, 1.54) is 0 Å². The molecule has 1 aliphatic rings. The molecule has 1 saturated heterocycles. The number of rotatable bonds is 39. The van der Waals surface area contributed by atoms with E-state index in [0.717, 1.165) is 11.8 Å². The molecule has 13 amide bonds. The molecule has 0 radical (unpaired) electrons. The largest absolute Gasteiger partial charge is 0.481 e. The predicted octanol–water partition coefficient (Wildman–Crippen LogP) is -7.39. The van der Waals surface area contributed by atoms with Crippen LogP contribution in [0.1, 0.15) is 76.7 Å². The zero-order valence-corrected chi connectivity index (χ0v) is 51.4. The van der Waals surface area contributed by atoms with Gasteiger partial charge in [0.15, 0.2) is 5.96 Å². The van der Waals surface area contributed by atoms with Gasteiger partial charge in [-0.15, -0.1) is 12.3 Å². The molecule has 0 saturated carbocycles. The predicted molar refractivity (Wildman–Crippen MR) is 331 cm³/mol. The van der Waals surface area contributed by atoms with Crippen molar-refractivity contribution in [2.75, 3.05) is 37.7 Å². The molecule has 0 aliphatic carbocycles. The number of primary amides is 2. The van der Waals surface area contributed by atoms with Crippen LogP contribution in [-0.2, 0) is 68.7 Å². The molecule has 2 aromatic rings. The van der Waals surface area contributed by atoms with Crippen molar-refractivity contribution in [2.24, 2.45) is 33.7 Å². The summed E-state index contributed by atoms with van der Waals surface area (Å²) in [6.45, 7) is 0.221. The second-order valence-electron chi connectivity index (χ2n) is 20.8. The van der Waals surface area contributed by atoms with Crippen LogP contribution in [0.5, 0.6) is 0 Å². The number of likely N-dealkylation sites (tertiary alicyclic amines) is 1. The summed E-state index contributed by atoms with van der Waals surface area (Å²) in [6, 6.07) is -9.99. The number of aliphatic carboxylic acids is 2. The van der Waals surface area contributed by atoms with E-state index in [9.17, 15) is 82.4 Å². The van der Waals surface area contributed by atoms with E-state index in [-0.39, 0.29) is 76.3 Å². The molecule has 3 rings (SSSR count). The summed E-state index contributed by atoms with van der Waals surface area (Å²) in [5.41, 5.74) is 27.9. The monoisotopic (exact) mass is 1320 g/mol. The number of hydrogen-bond donors (Lipinski definition) is 21. The van der Waals surface area contributed by atoms with Crippen LogP contribution in [0.15, 0.2) is 35.5 Å². The van der Waals surface area contributed by atoms with Crippen molar-refractivity contribution >= 4 is 125 Å². The van der Waals surface area contributed by atoms with Crippen LogP contribution in [0.2, 0.25) is 0 Å². The Balaban J connectivity index is 1.91. The van der Waals surface area contributed by atoms with E-state index in [0.29, 0.717) is 16.5 Å². The molecule has 0 bridgehead atoms. The molecule has 37 heteroatoms.